The summed E-state index contributed by atoms with van der Waals surface area (Å²) in [5.74, 6) is -0.370. The molecule has 1 unspecified atom stereocenters. The molecule has 198 valence electrons. The van der Waals surface area contributed by atoms with Gasteiger partial charge in [-0.1, -0.05) is 56.1 Å². The van der Waals surface area contributed by atoms with Crippen molar-refractivity contribution in [2.75, 3.05) is 23.7 Å². The maximum absolute atomic E-state index is 13.4. The summed E-state index contributed by atoms with van der Waals surface area (Å²) in [6.45, 7) is 6.84. The van der Waals surface area contributed by atoms with E-state index in [9.17, 15) is 18.0 Å². The molecule has 9 heteroatoms. The highest BCUT2D eigenvalue weighted by Crippen LogP contribution is 2.21. The Morgan fingerprint density at radius 2 is 1.75 bits per heavy atom. The second kappa shape index (κ2) is 14.2. The molecule has 7 nitrogen and oxygen atoms in total. The zero-order valence-electron chi connectivity index (χ0n) is 21.7. The fraction of sp³-hybridized carbons (Fsp3) is 0.481. The summed E-state index contributed by atoms with van der Waals surface area (Å²) >= 11 is 6.02. The molecule has 0 fully saturated rings. The van der Waals surface area contributed by atoms with Gasteiger partial charge in [0, 0.05) is 31.1 Å². The molecular weight excluding hydrogens is 498 g/mol. The number of unbranched alkanes of at least 4 members (excludes halogenated alkanes) is 1. The van der Waals surface area contributed by atoms with Gasteiger partial charge in [-0.05, 0) is 61.6 Å². The Kier molecular flexibility index (Phi) is 11.7. The zero-order valence-corrected chi connectivity index (χ0v) is 23.2. The minimum absolute atomic E-state index is 0.115. The average molecular weight is 536 g/mol. The molecule has 1 N–H and O–H groups in total. The van der Waals surface area contributed by atoms with Crippen LogP contribution in [0.25, 0.3) is 0 Å². The number of hydrogen-bond donors (Lipinski definition) is 1. The van der Waals surface area contributed by atoms with Gasteiger partial charge in [-0.25, -0.2) is 8.42 Å². The first-order valence-corrected chi connectivity index (χ1v) is 14.7. The minimum atomic E-state index is -3.52. The summed E-state index contributed by atoms with van der Waals surface area (Å²) in [6, 6.07) is 13.8. The van der Waals surface area contributed by atoms with E-state index in [0.717, 1.165) is 30.2 Å². The van der Waals surface area contributed by atoms with Crippen molar-refractivity contribution in [1.82, 2.24) is 10.2 Å². The number of hydrogen-bond acceptors (Lipinski definition) is 4. The number of benzene rings is 2. The van der Waals surface area contributed by atoms with E-state index in [-0.39, 0.29) is 31.3 Å². The average Bonchev–Trinajstić information content (AvgIpc) is 2.82. The molecule has 0 bridgehead atoms. The van der Waals surface area contributed by atoms with Crippen molar-refractivity contribution < 1.29 is 18.0 Å². The number of carbonyl (C=O) groups excluding carboxylic acids is 2. The van der Waals surface area contributed by atoms with Crippen LogP contribution in [0, 0.1) is 6.92 Å². The number of halogens is 1. The number of nitrogens with one attached hydrogen (secondary N) is 1. The molecule has 0 aliphatic heterocycles. The van der Waals surface area contributed by atoms with Crippen LogP contribution in [0.5, 0.6) is 0 Å². The van der Waals surface area contributed by atoms with Gasteiger partial charge in [0.25, 0.3) is 0 Å². The highest BCUT2D eigenvalue weighted by atomic mass is 35.5. The van der Waals surface area contributed by atoms with E-state index in [2.05, 4.69) is 12.2 Å². The Morgan fingerprint density at radius 3 is 2.33 bits per heavy atom. The molecule has 2 aromatic carbocycles. The van der Waals surface area contributed by atoms with Crippen LogP contribution in [-0.2, 0) is 26.2 Å². The molecule has 0 heterocycles. The van der Waals surface area contributed by atoms with Crippen LogP contribution in [0.2, 0.25) is 5.02 Å². The van der Waals surface area contributed by atoms with E-state index in [4.69, 9.17) is 11.6 Å². The van der Waals surface area contributed by atoms with Crippen molar-refractivity contribution in [3.63, 3.8) is 0 Å². The summed E-state index contributed by atoms with van der Waals surface area (Å²) in [5.41, 5.74) is 2.39. The zero-order chi connectivity index (χ0) is 26.7. The van der Waals surface area contributed by atoms with Gasteiger partial charge in [0.1, 0.15) is 6.04 Å². The van der Waals surface area contributed by atoms with Crippen molar-refractivity contribution in [2.45, 2.75) is 65.5 Å². The van der Waals surface area contributed by atoms with Gasteiger partial charge in [-0.2, -0.15) is 0 Å². The van der Waals surface area contributed by atoms with Gasteiger partial charge in [0.2, 0.25) is 21.8 Å². The standard InChI is InChI=1S/C27H38ClN3O4S/c1-5-7-17-29-27(33)25(6-2)30(20-22-13-15-23(28)16-14-22)26(32)12-9-18-31(36(4,34)35)24-11-8-10-21(3)19-24/h8,10-11,13-16,19,25H,5-7,9,12,17-18,20H2,1-4H3,(H,29,33). The summed E-state index contributed by atoms with van der Waals surface area (Å²) < 4.78 is 26.2. The van der Waals surface area contributed by atoms with E-state index >= 15 is 0 Å². The number of anilines is 1. The number of nitrogens with zero attached hydrogens (tertiary/aromatic N) is 2. The van der Waals surface area contributed by atoms with Crippen molar-refractivity contribution >= 4 is 39.1 Å². The largest absolute Gasteiger partial charge is 0.354 e. The Bertz CT molecular complexity index is 1110. The SMILES string of the molecule is CCCCNC(=O)C(CC)N(Cc1ccc(Cl)cc1)C(=O)CCCN(c1cccc(C)c1)S(C)(=O)=O. The second-order valence-corrected chi connectivity index (χ2v) is 11.3. The van der Waals surface area contributed by atoms with Crippen LogP contribution in [0.1, 0.15) is 57.1 Å². The van der Waals surface area contributed by atoms with Crippen LogP contribution < -0.4 is 9.62 Å². The van der Waals surface area contributed by atoms with Gasteiger partial charge in [-0.15, -0.1) is 0 Å². The van der Waals surface area contributed by atoms with Gasteiger partial charge < -0.3 is 10.2 Å². The Hall–Kier alpha value is -2.58. The first-order chi connectivity index (χ1) is 17.1. The molecule has 0 radical (unpaired) electrons. The number of aryl methyl sites for hydroxylation is 1. The van der Waals surface area contributed by atoms with E-state index in [0.29, 0.717) is 30.1 Å². The van der Waals surface area contributed by atoms with E-state index in [1.54, 1.807) is 23.1 Å². The number of rotatable bonds is 14. The Labute approximate surface area is 220 Å². The fourth-order valence-electron chi connectivity index (χ4n) is 4.00. The van der Waals surface area contributed by atoms with Gasteiger partial charge in [0.15, 0.2) is 0 Å². The second-order valence-electron chi connectivity index (χ2n) is 8.99. The van der Waals surface area contributed by atoms with E-state index < -0.39 is 16.1 Å². The summed E-state index contributed by atoms with van der Waals surface area (Å²) in [5, 5.41) is 3.54. The molecule has 2 amide bonds. The Morgan fingerprint density at radius 1 is 1.06 bits per heavy atom. The third kappa shape index (κ3) is 9.13. The van der Waals surface area contributed by atoms with Crippen LogP contribution in [0.3, 0.4) is 0 Å². The van der Waals surface area contributed by atoms with Crippen molar-refractivity contribution in [3.05, 3.63) is 64.7 Å². The highest BCUT2D eigenvalue weighted by Gasteiger charge is 2.28. The first kappa shape index (κ1) is 29.6. The molecule has 2 rings (SSSR count). The molecular formula is C27H38ClN3O4S. The number of amides is 2. The van der Waals surface area contributed by atoms with Gasteiger partial charge in [-0.3, -0.25) is 13.9 Å². The third-order valence-corrected chi connectivity index (χ3v) is 7.37. The number of carbonyl (C=O) groups is 2. The normalized spacial score (nSPS) is 12.1. The van der Waals surface area contributed by atoms with Crippen LogP contribution in [-0.4, -0.2) is 50.5 Å². The molecule has 36 heavy (non-hydrogen) atoms. The maximum Gasteiger partial charge on any atom is 0.242 e. The number of sulfonamides is 1. The quantitative estimate of drug-likeness (QED) is 0.348. The molecule has 0 spiro atoms. The van der Waals surface area contributed by atoms with E-state index in [1.165, 1.54) is 4.31 Å². The molecule has 0 saturated carbocycles. The summed E-state index contributed by atoms with van der Waals surface area (Å²) in [7, 11) is -3.52. The lowest BCUT2D eigenvalue weighted by atomic mass is 10.1. The van der Waals surface area contributed by atoms with Crippen LogP contribution in [0.15, 0.2) is 48.5 Å². The van der Waals surface area contributed by atoms with Crippen LogP contribution >= 0.6 is 11.6 Å². The maximum atomic E-state index is 13.4. The summed E-state index contributed by atoms with van der Waals surface area (Å²) in [6.07, 6.45) is 3.90. The molecule has 1 atom stereocenters. The summed E-state index contributed by atoms with van der Waals surface area (Å²) in [4.78, 5) is 28.0. The molecule has 0 aromatic heterocycles. The Balaban J connectivity index is 2.19. The van der Waals surface area contributed by atoms with Crippen molar-refractivity contribution in [3.8, 4) is 0 Å². The smallest absolute Gasteiger partial charge is 0.242 e. The van der Waals surface area contributed by atoms with Crippen molar-refractivity contribution in [1.29, 1.82) is 0 Å². The lowest BCUT2D eigenvalue weighted by Gasteiger charge is -2.31. The lowest BCUT2D eigenvalue weighted by Crippen LogP contribution is -2.49. The highest BCUT2D eigenvalue weighted by molar-refractivity contribution is 7.92. The molecule has 2 aromatic rings. The molecule has 0 aliphatic rings. The third-order valence-electron chi connectivity index (χ3n) is 5.92. The molecule has 0 saturated heterocycles. The van der Waals surface area contributed by atoms with E-state index in [1.807, 2.05) is 44.2 Å². The predicted octanol–water partition coefficient (Wildman–Crippen LogP) is 4.92. The minimum Gasteiger partial charge on any atom is -0.354 e. The van der Waals surface area contributed by atoms with Gasteiger partial charge >= 0.3 is 0 Å². The molecule has 0 aliphatic carbocycles. The monoisotopic (exact) mass is 535 g/mol. The lowest BCUT2D eigenvalue weighted by molar-refractivity contribution is -0.141. The van der Waals surface area contributed by atoms with Gasteiger partial charge in [0.05, 0.1) is 11.9 Å². The van der Waals surface area contributed by atoms with Crippen LogP contribution in [0.4, 0.5) is 5.69 Å². The fourth-order valence-corrected chi connectivity index (χ4v) is 5.08. The topological polar surface area (TPSA) is 86.8 Å². The predicted molar refractivity (Wildman–Crippen MR) is 147 cm³/mol. The first-order valence-electron chi connectivity index (χ1n) is 12.4. The van der Waals surface area contributed by atoms with Crippen molar-refractivity contribution in [2.24, 2.45) is 0 Å².